The van der Waals surface area contributed by atoms with Gasteiger partial charge in [0.1, 0.15) is 5.71 Å². The molecule has 0 aromatic carbocycles. The largest absolute Gasteiger partial charge is 0.487 e. The monoisotopic (exact) mass is 327 g/mol. The average Bonchev–Trinajstić information content (AvgIpc) is 2.95. The standard InChI is InChI=1S/C14H12F3N3OS/c1-21-13-3-2-11(22-13)8-4-5-20-10(6-8)9(18)7-12(19)14(15,16)17/h2-7,19H,18H2,1H3/b9-7-,19-12?. The Morgan fingerprint density at radius 3 is 2.68 bits per heavy atom. The van der Waals surface area contributed by atoms with E-state index in [9.17, 15) is 13.2 Å². The second kappa shape index (κ2) is 6.18. The SMILES string of the molecule is COc1ccc(-c2ccnc(/C(N)=C/C(=N)C(F)(F)F)c2)s1. The van der Waals surface area contributed by atoms with Gasteiger partial charge in [-0.3, -0.25) is 10.4 Å². The molecule has 0 unspecified atom stereocenters. The molecule has 2 aromatic heterocycles. The van der Waals surface area contributed by atoms with Gasteiger partial charge in [-0.05, 0) is 35.9 Å². The second-order valence-electron chi connectivity index (χ2n) is 4.26. The number of nitrogens with two attached hydrogens (primary N) is 1. The molecule has 0 aliphatic heterocycles. The number of nitrogens with zero attached hydrogens (tertiary/aromatic N) is 1. The number of ether oxygens (including phenoxy) is 1. The third-order valence-corrected chi connectivity index (χ3v) is 3.82. The van der Waals surface area contributed by atoms with Crippen LogP contribution in [0.3, 0.4) is 0 Å². The van der Waals surface area contributed by atoms with Crippen LogP contribution in [-0.4, -0.2) is 24.0 Å². The Kier molecular flexibility index (Phi) is 4.51. The summed E-state index contributed by atoms with van der Waals surface area (Å²) in [5.41, 5.74) is 4.81. The van der Waals surface area contributed by atoms with Gasteiger partial charge in [0.15, 0.2) is 5.06 Å². The quantitative estimate of drug-likeness (QED) is 0.841. The van der Waals surface area contributed by atoms with Gasteiger partial charge in [0.2, 0.25) is 0 Å². The first-order chi connectivity index (χ1) is 10.3. The average molecular weight is 327 g/mol. The molecule has 0 aliphatic carbocycles. The molecule has 0 fully saturated rings. The Hall–Kier alpha value is -2.35. The Balaban J connectivity index is 2.32. The molecule has 0 bridgehead atoms. The van der Waals surface area contributed by atoms with Gasteiger partial charge in [-0.15, -0.1) is 0 Å². The summed E-state index contributed by atoms with van der Waals surface area (Å²) in [6.07, 6.45) is -2.72. The summed E-state index contributed by atoms with van der Waals surface area (Å²) in [6, 6.07) is 6.91. The molecule has 8 heteroatoms. The number of pyridine rings is 1. The molecule has 0 saturated heterocycles. The first kappa shape index (κ1) is 16.0. The van der Waals surface area contributed by atoms with Crippen molar-refractivity contribution in [2.75, 3.05) is 7.11 Å². The highest BCUT2D eigenvalue weighted by Crippen LogP contribution is 2.33. The topological polar surface area (TPSA) is 72.0 Å². The van der Waals surface area contributed by atoms with Crippen molar-refractivity contribution in [1.82, 2.24) is 4.98 Å². The molecule has 3 N–H and O–H groups in total. The van der Waals surface area contributed by atoms with E-state index < -0.39 is 11.9 Å². The van der Waals surface area contributed by atoms with Crippen molar-refractivity contribution in [3.63, 3.8) is 0 Å². The minimum Gasteiger partial charge on any atom is -0.487 e. The molecule has 0 aliphatic rings. The fraction of sp³-hybridized carbons (Fsp3) is 0.143. The van der Waals surface area contributed by atoms with Crippen molar-refractivity contribution < 1.29 is 17.9 Å². The van der Waals surface area contributed by atoms with Crippen molar-refractivity contribution in [2.45, 2.75) is 6.18 Å². The van der Waals surface area contributed by atoms with Crippen LogP contribution in [0.4, 0.5) is 13.2 Å². The predicted molar refractivity (Wildman–Crippen MR) is 80.0 cm³/mol. The van der Waals surface area contributed by atoms with Gasteiger partial charge in [0.25, 0.3) is 0 Å². The van der Waals surface area contributed by atoms with Gasteiger partial charge in [0.05, 0.1) is 18.5 Å². The van der Waals surface area contributed by atoms with Crippen LogP contribution in [0, 0.1) is 5.41 Å². The highest BCUT2D eigenvalue weighted by atomic mass is 32.1. The summed E-state index contributed by atoms with van der Waals surface area (Å²) < 4.78 is 42.2. The molecule has 2 rings (SSSR count). The van der Waals surface area contributed by atoms with Gasteiger partial charge in [-0.2, -0.15) is 13.2 Å². The summed E-state index contributed by atoms with van der Waals surface area (Å²) in [5.74, 6) is 0. The number of nitrogens with one attached hydrogen (secondary N) is 1. The zero-order valence-electron chi connectivity index (χ0n) is 11.4. The maximum Gasteiger partial charge on any atom is 0.432 e. The van der Waals surface area contributed by atoms with E-state index in [1.807, 2.05) is 6.07 Å². The highest BCUT2D eigenvalue weighted by molar-refractivity contribution is 7.17. The molecule has 0 spiro atoms. The third kappa shape index (κ3) is 3.64. The number of thiophene rings is 1. The van der Waals surface area contributed by atoms with E-state index in [-0.39, 0.29) is 11.4 Å². The van der Waals surface area contributed by atoms with Gasteiger partial charge in [-0.1, -0.05) is 11.3 Å². The zero-order chi connectivity index (χ0) is 16.3. The van der Waals surface area contributed by atoms with E-state index in [1.54, 1.807) is 25.3 Å². The lowest BCUT2D eigenvalue weighted by molar-refractivity contribution is -0.0583. The number of rotatable bonds is 4. The number of hydrogen-bond donors (Lipinski definition) is 2. The third-order valence-electron chi connectivity index (χ3n) is 2.73. The van der Waals surface area contributed by atoms with Crippen LogP contribution in [0.5, 0.6) is 5.06 Å². The minimum absolute atomic E-state index is 0.180. The number of allylic oxidation sites excluding steroid dienone is 1. The zero-order valence-corrected chi connectivity index (χ0v) is 12.3. The highest BCUT2D eigenvalue weighted by Gasteiger charge is 2.32. The van der Waals surface area contributed by atoms with Crippen LogP contribution in [0.15, 0.2) is 36.5 Å². The minimum atomic E-state index is -4.73. The number of alkyl halides is 3. The van der Waals surface area contributed by atoms with Crippen LogP contribution >= 0.6 is 11.3 Å². The van der Waals surface area contributed by atoms with E-state index >= 15 is 0 Å². The maximum absolute atomic E-state index is 12.4. The lowest BCUT2D eigenvalue weighted by Gasteiger charge is -2.06. The Bertz CT molecular complexity index is 722. The molecule has 4 nitrogen and oxygen atoms in total. The van der Waals surface area contributed by atoms with Crippen molar-refractivity contribution in [3.8, 4) is 15.5 Å². The van der Waals surface area contributed by atoms with Crippen LogP contribution in [0.25, 0.3) is 16.1 Å². The van der Waals surface area contributed by atoms with Crippen LogP contribution in [0.2, 0.25) is 0 Å². The van der Waals surface area contributed by atoms with Gasteiger partial charge >= 0.3 is 6.18 Å². The first-order valence-electron chi connectivity index (χ1n) is 6.05. The van der Waals surface area contributed by atoms with E-state index in [0.717, 1.165) is 15.5 Å². The van der Waals surface area contributed by atoms with Crippen molar-refractivity contribution in [2.24, 2.45) is 5.73 Å². The molecule has 0 amide bonds. The first-order valence-corrected chi connectivity index (χ1v) is 6.86. The van der Waals surface area contributed by atoms with E-state index in [1.165, 1.54) is 17.5 Å². The van der Waals surface area contributed by atoms with Gasteiger partial charge in [0, 0.05) is 11.1 Å². The Morgan fingerprint density at radius 1 is 1.36 bits per heavy atom. The fourth-order valence-electron chi connectivity index (χ4n) is 1.64. The molecule has 116 valence electrons. The summed E-state index contributed by atoms with van der Waals surface area (Å²) in [6.45, 7) is 0. The van der Waals surface area contributed by atoms with Crippen LogP contribution in [0.1, 0.15) is 5.69 Å². The Morgan fingerprint density at radius 2 is 2.09 bits per heavy atom. The predicted octanol–water partition coefficient (Wildman–Crippen LogP) is 3.70. The molecule has 0 saturated carbocycles. The van der Waals surface area contributed by atoms with Gasteiger partial charge in [-0.25, -0.2) is 0 Å². The molecule has 22 heavy (non-hydrogen) atoms. The van der Waals surface area contributed by atoms with Crippen LogP contribution in [-0.2, 0) is 0 Å². The van der Waals surface area contributed by atoms with Crippen LogP contribution < -0.4 is 10.5 Å². The fourth-order valence-corrected chi connectivity index (χ4v) is 2.46. The number of halogens is 3. The smallest absolute Gasteiger partial charge is 0.432 e. The molecule has 0 atom stereocenters. The summed E-state index contributed by atoms with van der Waals surface area (Å²) in [7, 11) is 1.55. The summed E-state index contributed by atoms with van der Waals surface area (Å²) in [5, 5.41) is 7.66. The molecular weight excluding hydrogens is 315 g/mol. The van der Waals surface area contributed by atoms with Crippen molar-refractivity contribution in [3.05, 3.63) is 42.2 Å². The lowest BCUT2D eigenvalue weighted by Crippen LogP contribution is -2.20. The molecule has 0 radical (unpaired) electrons. The van der Waals surface area contributed by atoms with E-state index in [0.29, 0.717) is 6.08 Å². The summed E-state index contributed by atoms with van der Waals surface area (Å²) in [4.78, 5) is 4.82. The van der Waals surface area contributed by atoms with Crippen molar-refractivity contribution in [1.29, 1.82) is 5.41 Å². The number of aromatic nitrogens is 1. The van der Waals surface area contributed by atoms with E-state index in [4.69, 9.17) is 15.9 Å². The molecule has 2 heterocycles. The maximum atomic E-state index is 12.4. The Labute approximate surface area is 128 Å². The molecule has 2 aromatic rings. The number of hydrogen-bond acceptors (Lipinski definition) is 5. The summed E-state index contributed by atoms with van der Waals surface area (Å²) >= 11 is 1.39. The van der Waals surface area contributed by atoms with Crippen molar-refractivity contribution >= 4 is 22.7 Å². The lowest BCUT2D eigenvalue weighted by atomic mass is 10.1. The number of methoxy groups -OCH3 is 1. The normalized spacial score (nSPS) is 12.3. The van der Waals surface area contributed by atoms with Gasteiger partial charge < -0.3 is 10.5 Å². The second-order valence-corrected chi connectivity index (χ2v) is 5.31. The molecular formula is C14H12F3N3OS. The van der Waals surface area contributed by atoms with E-state index in [2.05, 4.69) is 4.98 Å².